The second kappa shape index (κ2) is 7.28. The van der Waals surface area contributed by atoms with Crippen LogP contribution in [0.5, 0.6) is 0 Å². The molecule has 0 saturated carbocycles. The molecule has 2 aliphatic rings. The van der Waals surface area contributed by atoms with Gasteiger partial charge >= 0.3 is 0 Å². The number of anilines is 1. The van der Waals surface area contributed by atoms with Gasteiger partial charge in [0.1, 0.15) is 0 Å². The maximum absolute atomic E-state index is 12.7. The molecule has 0 atom stereocenters. The van der Waals surface area contributed by atoms with Crippen molar-refractivity contribution in [3.8, 4) is 0 Å². The second-order valence-corrected chi connectivity index (χ2v) is 6.94. The van der Waals surface area contributed by atoms with Crippen molar-refractivity contribution in [2.24, 2.45) is 0 Å². The molecule has 1 amide bonds. The van der Waals surface area contributed by atoms with E-state index >= 15 is 0 Å². The maximum Gasteiger partial charge on any atom is 0.242 e. The Morgan fingerprint density at radius 1 is 0.840 bits per heavy atom. The maximum atomic E-state index is 12.7. The Balaban J connectivity index is 1.29. The summed E-state index contributed by atoms with van der Waals surface area (Å²) in [6.07, 6.45) is 1.05. The van der Waals surface area contributed by atoms with E-state index in [1.54, 1.807) is 0 Å². The lowest BCUT2D eigenvalue weighted by Gasteiger charge is -2.35. The fourth-order valence-electron chi connectivity index (χ4n) is 3.83. The standard InChI is InChI=1S/C21H25N3O/c25-21(17-24-11-10-19-8-4-5-9-20(19)24)23-14-12-22(13-15-23)16-18-6-2-1-3-7-18/h1-9H,10-17H2. The van der Waals surface area contributed by atoms with Crippen molar-refractivity contribution in [2.75, 3.05) is 44.2 Å². The van der Waals surface area contributed by atoms with Crippen LogP contribution in [-0.4, -0.2) is 55.0 Å². The van der Waals surface area contributed by atoms with E-state index in [0.29, 0.717) is 6.54 Å². The highest BCUT2D eigenvalue weighted by molar-refractivity contribution is 5.82. The first kappa shape index (κ1) is 16.2. The fourth-order valence-corrected chi connectivity index (χ4v) is 3.83. The van der Waals surface area contributed by atoms with Crippen molar-refractivity contribution in [3.05, 3.63) is 65.7 Å². The van der Waals surface area contributed by atoms with Crippen LogP contribution in [0.3, 0.4) is 0 Å². The molecule has 2 heterocycles. The summed E-state index contributed by atoms with van der Waals surface area (Å²) in [5.41, 5.74) is 3.94. The molecule has 2 aromatic rings. The number of hydrogen-bond acceptors (Lipinski definition) is 3. The van der Waals surface area contributed by atoms with Crippen LogP contribution >= 0.6 is 0 Å². The summed E-state index contributed by atoms with van der Waals surface area (Å²) < 4.78 is 0. The predicted molar refractivity (Wildman–Crippen MR) is 101 cm³/mol. The number of fused-ring (bicyclic) bond motifs is 1. The van der Waals surface area contributed by atoms with Crippen LogP contribution in [0.1, 0.15) is 11.1 Å². The number of para-hydroxylation sites is 1. The van der Waals surface area contributed by atoms with Gasteiger partial charge in [-0.05, 0) is 23.6 Å². The number of nitrogens with zero attached hydrogens (tertiary/aromatic N) is 3. The molecule has 0 N–H and O–H groups in total. The second-order valence-electron chi connectivity index (χ2n) is 6.94. The zero-order chi connectivity index (χ0) is 17.1. The minimum absolute atomic E-state index is 0.260. The van der Waals surface area contributed by atoms with Gasteiger partial charge in [-0.15, -0.1) is 0 Å². The van der Waals surface area contributed by atoms with Crippen molar-refractivity contribution in [2.45, 2.75) is 13.0 Å². The molecule has 1 saturated heterocycles. The van der Waals surface area contributed by atoms with Gasteiger partial charge in [0.05, 0.1) is 6.54 Å². The van der Waals surface area contributed by atoms with Crippen molar-refractivity contribution in [1.29, 1.82) is 0 Å². The molecular weight excluding hydrogens is 310 g/mol. The van der Waals surface area contributed by atoms with Crippen LogP contribution in [0.15, 0.2) is 54.6 Å². The van der Waals surface area contributed by atoms with E-state index in [1.807, 2.05) is 4.90 Å². The lowest BCUT2D eigenvalue weighted by atomic mass is 10.2. The van der Waals surface area contributed by atoms with Gasteiger partial charge in [-0.3, -0.25) is 9.69 Å². The van der Waals surface area contributed by atoms with Gasteiger partial charge in [0, 0.05) is 45.0 Å². The van der Waals surface area contributed by atoms with Crippen LogP contribution in [-0.2, 0) is 17.8 Å². The zero-order valence-corrected chi connectivity index (χ0v) is 14.6. The number of hydrogen-bond donors (Lipinski definition) is 0. The Morgan fingerprint density at radius 3 is 2.36 bits per heavy atom. The van der Waals surface area contributed by atoms with Crippen LogP contribution in [0, 0.1) is 0 Å². The molecule has 0 unspecified atom stereocenters. The number of carbonyl (C=O) groups excluding carboxylic acids is 1. The molecule has 0 aromatic heterocycles. The largest absolute Gasteiger partial charge is 0.362 e. The Hall–Kier alpha value is -2.33. The highest BCUT2D eigenvalue weighted by Crippen LogP contribution is 2.27. The average molecular weight is 335 g/mol. The van der Waals surface area contributed by atoms with Gasteiger partial charge in [0.25, 0.3) is 0 Å². The van der Waals surface area contributed by atoms with Crippen LogP contribution < -0.4 is 4.90 Å². The smallest absolute Gasteiger partial charge is 0.242 e. The SMILES string of the molecule is O=C(CN1CCc2ccccc21)N1CCN(Cc2ccccc2)CC1. The Bertz CT molecular complexity index is 723. The topological polar surface area (TPSA) is 26.8 Å². The average Bonchev–Trinajstić information content (AvgIpc) is 3.06. The molecule has 0 bridgehead atoms. The molecule has 4 nitrogen and oxygen atoms in total. The third-order valence-electron chi connectivity index (χ3n) is 5.28. The first-order valence-corrected chi connectivity index (χ1v) is 9.16. The number of rotatable bonds is 4. The third kappa shape index (κ3) is 3.69. The number of piperazine rings is 1. The summed E-state index contributed by atoms with van der Waals surface area (Å²) >= 11 is 0. The van der Waals surface area contributed by atoms with Crippen LogP contribution in [0.25, 0.3) is 0 Å². The predicted octanol–water partition coefficient (Wildman–Crippen LogP) is 2.39. The van der Waals surface area contributed by atoms with E-state index < -0.39 is 0 Å². The quantitative estimate of drug-likeness (QED) is 0.858. The molecule has 0 spiro atoms. The molecule has 25 heavy (non-hydrogen) atoms. The van der Waals surface area contributed by atoms with Crippen LogP contribution in [0.2, 0.25) is 0 Å². The molecule has 0 radical (unpaired) electrons. The van der Waals surface area contributed by atoms with Crippen molar-refractivity contribution in [1.82, 2.24) is 9.80 Å². The molecule has 1 fully saturated rings. The first-order chi connectivity index (χ1) is 12.3. The van der Waals surface area contributed by atoms with Gasteiger partial charge in [0.15, 0.2) is 0 Å². The van der Waals surface area contributed by atoms with Crippen molar-refractivity contribution >= 4 is 11.6 Å². The number of amides is 1. The zero-order valence-electron chi connectivity index (χ0n) is 14.6. The van der Waals surface area contributed by atoms with E-state index in [9.17, 15) is 4.79 Å². The van der Waals surface area contributed by atoms with E-state index in [1.165, 1.54) is 16.8 Å². The van der Waals surface area contributed by atoms with E-state index in [-0.39, 0.29) is 5.91 Å². The highest BCUT2D eigenvalue weighted by Gasteiger charge is 2.25. The molecule has 130 valence electrons. The first-order valence-electron chi connectivity index (χ1n) is 9.16. The minimum atomic E-state index is 0.260. The normalized spacial score (nSPS) is 17.6. The van der Waals surface area contributed by atoms with E-state index in [2.05, 4.69) is 64.4 Å². The van der Waals surface area contributed by atoms with Gasteiger partial charge in [-0.2, -0.15) is 0 Å². The summed E-state index contributed by atoms with van der Waals surface area (Å²) in [6, 6.07) is 19.0. The van der Waals surface area contributed by atoms with Crippen molar-refractivity contribution in [3.63, 3.8) is 0 Å². The van der Waals surface area contributed by atoms with Gasteiger partial charge in [-0.1, -0.05) is 48.5 Å². The van der Waals surface area contributed by atoms with E-state index in [0.717, 1.165) is 45.7 Å². The summed E-state index contributed by atoms with van der Waals surface area (Å²) in [4.78, 5) is 19.4. The summed E-state index contributed by atoms with van der Waals surface area (Å²) in [7, 11) is 0. The highest BCUT2D eigenvalue weighted by atomic mass is 16.2. The van der Waals surface area contributed by atoms with Crippen LogP contribution in [0.4, 0.5) is 5.69 Å². The van der Waals surface area contributed by atoms with Gasteiger partial charge in [-0.25, -0.2) is 0 Å². The van der Waals surface area contributed by atoms with Gasteiger partial charge < -0.3 is 9.80 Å². The molecule has 4 rings (SSSR count). The summed E-state index contributed by atoms with van der Waals surface area (Å²) in [5, 5.41) is 0. The number of carbonyl (C=O) groups is 1. The van der Waals surface area contributed by atoms with E-state index in [4.69, 9.17) is 0 Å². The number of benzene rings is 2. The molecule has 0 aliphatic carbocycles. The molecule has 2 aromatic carbocycles. The molecule has 2 aliphatic heterocycles. The Labute approximate surface area is 149 Å². The summed E-state index contributed by atoms with van der Waals surface area (Å²) in [5.74, 6) is 0.260. The van der Waals surface area contributed by atoms with Gasteiger partial charge in [0.2, 0.25) is 5.91 Å². The minimum Gasteiger partial charge on any atom is -0.362 e. The monoisotopic (exact) mass is 335 g/mol. The fraction of sp³-hybridized carbons (Fsp3) is 0.381. The lowest BCUT2D eigenvalue weighted by Crippen LogP contribution is -2.50. The molecular formula is C21H25N3O. The Kier molecular flexibility index (Phi) is 4.70. The third-order valence-corrected chi connectivity index (χ3v) is 5.28. The van der Waals surface area contributed by atoms with Crippen molar-refractivity contribution < 1.29 is 4.79 Å². The Morgan fingerprint density at radius 2 is 1.56 bits per heavy atom. The lowest BCUT2D eigenvalue weighted by molar-refractivity contribution is -0.131. The summed E-state index contributed by atoms with van der Waals surface area (Å²) in [6.45, 7) is 6.02. The molecule has 4 heteroatoms.